The summed E-state index contributed by atoms with van der Waals surface area (Å²) in [5, 5.41) is 22.4. The van der Waals surface area contributed by atoms with Crippen LogP contribution in [-0.2, 0) is 27.7 Å². The predicted molar refractivity (Wildman–Crippen MR) is 130 cm³/mol. The van der Waals surface area contributed by atoms with Crippen molar-refractivity contribution in [1.82, 2.24) is 9.62 Å². The Morgan fingerprint density at radius 2 is 1.75 bits per heavy atom. The van der Waals surface area contributed by atoms with E-state index < -0.39 is 45.1 Å². The Balaban J connectivity index is 1.91. The van der Waals surface area contributed by atoms with Gasteiger partial charge in [-0.25, -0.2) is 21.6 Å². The molecule has 200 valence electrons. The van der Waals surface area contributed by atoms with E-state index in [0.29, 0.717) is 12.8 Å². The second-order valence-electron chi connectivity index (χ2n) is 9.45. The van der Waals surface area contributed by atoms with Crippen LogP contribution in [0.1, 0.15) is 44.2 Å². The van der Waals surface area contributed by atoms with Crippen LogP contribution in [0, 0.1) is 17.5 Å². The average molecular weight is 531 g/mol. The molecule has 2 rings (SSSR count). The van der Waals surface area contributed by atoms with Gasteiger partial charge < -0.3 is 15.5 Å². The van der Waals surface area contributed by atoms with E-state index in [0.717, 1.165) is 16.4 Å². The van der Waals surface area contributed by atoms with Crippen molar-refractivity contribution >= 4 is 16.0 Å². The lowest BCUT2D eigenvalue weighted by Gasteiger charge is -2.29. The number of benzene rings is 2. The van der Waals surface area contributed by atoms with Gasteiger partial charge in [0.05, 0.1) is 11.0 Å². The molecule has 2 aromatic carbocycles. The predicted octanol–water partition coefficient (Wildman–Crippen LogP) is 3.49. The SMILES string of the molecule is CN(C[C@H](O)CNC(C)(C)CCCc1c(F)cccc1F)S(=O)(=O)c1cc(F)cc(CCC(=O)O)c1. The summed E-state index contributed by atoms with van der Waals surface area (Å²) in [6.07, 6.45) is -0.127. The largest absolute Gasteiger partial charge is 0.481 e. The Hall–Kier alpha value is -2.47. The molecule has 0 aliphatic carbocycles. The number of sulfonamides is 1. The van der Waals surface area contributed by atoms with Gasteiger partial charge in [-0.05, 0) is 75.4 Å². The van der Waals surface area contributed by atoms with Crippen molar-refractivity contribution in [2.24, 2.45) is 0 Å². The highest BCUT2D eigenvalue weighted by Gasteiger charge is 2.26. The summed E-state index contributed by atoms with van der Waals surface area (Å²) >= 11 is 0. The van der Waals surface area contributed by atoms with E-state index in [9.17, 15) is 31.5 Å². The van der Waals surface area contributed by atoms with Crippen LogP contribution in [0.3, 0.4) is 0 Å². The maximum absolute atomic E-state index is 14.0. The molecule has 0 aliphatic rings. The quantitative estimate of drug-likeness (QED) is 0.345. The molecule has 0 bridgehead atoms. The topological polar surface area (TPSA) is 107 Å². The summed E-state index contributed by atoms with van der Waals surface area (Å²) < 4.78 is 68.3. The highest BCUT2D eigenvalue weighted by Crippen LogP contribution is 2.21. The fraction of sp³-hybridized carbons (Fsp3) is 0.480. The highest BCUT2D eigenvalue weighted by molar-refractivity contribution is 7.89. The summed E-state index contributed by atoms with van der Waals surface area (Å²) in [6, 6.07) is 6.90. The Bertz CT molecular complexity index is 1140. The minimum Gasteiger partial charge on any atom is -0.481 e. The van der Waals surface area contributed by atoms with Crippen molar-refractivity contribution in [3.05, 3.63) is 65.0 Å². The van der Waals surface area contributed by atoms with Crippen LogP contribution in [-0.4, -0.2) is 60.7 Å². The number of rotatable bonds is 14. The summed E-state index contributed by atoms with van der Waals surface area (Å²) in [4.78, 5) is 10.4. The molecule has 7 nitrogen and oxygen atoms in total. The van der Waals surface area contributed by atoms with Crippen molar-refractivity contribution in [1.29, 1.82) is 0 Å². The molecule has 0 heterocycles. The van der Waals surface area contributed by atoms with E-state index >= 15 is 0 Å². The molecule has 1 atom stereocenters. The fourth-order valence-electron chi connectivity index (χ4n) is 3.77. The zero-order valence-electron chi connectivity index (χ0n) is 20.6. The molecule has 0 aliphatic heterocycles. The van der Waals surface area contributed by atoms with Gasteiger partial charge in [-0.1, -0.05) is 6.07 Å². The van der Waals surface area contributed by atoms with Crippen molar-refractivity contribution in [3.63, 3.8) is 0 Å². The normalized spacial score (nSPS) is 13.2. The van der Waals surface area contributed by atoms with Gasteiger partial charge in [0.25, 0.3) is 0 Å². The number of hydrogen-bond donors (Lipinski definition) is 3. The fourth-order valence-corrected chi connectivity index (χ4v) is 5.06. The number of likely N-dealkylation sites (N-methyl/N-ethyl adjacent to an activating group) is 1. The number of carboxylic acids is 1. The molecule has 11 heteroatoms. The van der Waals surface area contributed by atoms with Gasteiger partial charge in [0.2, 0.25) is 10.0 Å². The van der Waals surface area contributed by atoms with Crippen molar-refractivity contribution < 1.29 is 36.6 Å². The lowest BCUT2D eigenvalue weighted by Crippen LogP contribution is -2.46. The molecular formula is C25H33F3N2O5S. The molecule has 0 saturated carbocycles. The zero-order chi connectivity index (χ0) is 27.1. The number of carboxylic acid groups (broad SMARTS) is 1. The molecule has 0 fully saturated rings. The lowest BCUT2D eigenvalue weighted by atomic mass is 9.95. The van der Waals surface area contributed by atoms with Crippen molar-refractivity contribution in [2.75, 3.05) is 20.1 Å². The van der Waals surface area contributed by atoms with Crippen LogP contribution in [0.15, 0.2) is 41.3 Å². The van der Waals surface area contributed by atoms with Gasteiger partial charge in [0.15, 0.2) is 0 Å². The van der Waals surface area contributed by atoms with Crippen LogP contribution in [0.5, 0.6) is 0 Å². The van der Waals surface area contributed by atoms with Crippen molar-refractivity contribution in [2.45, 2.75) is 62.5 Å². The summed E-state index contributed by atoms with van der Waals surface area (Å²) in [5.41, 5.74) is -0.228. The Kier molecular flexibility index (Phi) is 10.5. The third-order valence-electron chi connectivity index (χ3n) is 5.84. The van der Waals surface area contributed by atoms with Gasteiger partial charge in [0.1, 0.15) is 17.5 Å². The molecule has 2 aromatic rings. The second-order valence-corrected chi connectivity index (χ2v) is 11.5. The number of carbonyl (C=O) groups is 1. The van der Waals surface area contributed by atoms with Crippen LogP contribution >= 0.6 is 0 Å². The second kappa shape index (κ2) is 12.7. The highest BCUT2D eigenvalue weighted by atomic mass is 32.2. The first-order chi connectivity index (χ1) is 16.7. The number of nitrogens with zero attached hydrogens (tertiary/aromatic N) is 1. The monoisotopic (exact) mass is 530 g/mol. The summed E-state index contributed by atoms with van der Waals surface area (Å²) in [6.45, 7) is 3.51. The number of aliphatic hydroxyl groups is 1. The summed E-state index contributed by atoms with van der Waals surface area (Å²) in [5.74, 6) is -3.07. The van der Waals surface area contributed by atoms with Gasteiger partial charge >= 0.3 is 5.97 Å². The van der Waals surface area contributed by atoms with E-state index in [1.807, 2.05) is 13.8 Å². The van der Waals surface area contributed by atoms with Gasteiger partial charge in [-0.3, -0.25) is 4.79 Å². The number of aryl methyl sites for hydroxylation is 1. The first-order valence-electron chi connectivity index (χ1n) is 11.5. The third kappa shape index (κ3) is 8.88. The number of aliphatic carboxylic acids is 1. The van der Waals surface area contributed by atoms with Crippen LogP contribution in [0.25, 0.3) is 0 Å². The first-order valence-corrected chi connectivity index (χ1v) is 13.0. The summed E-state index contributed by atoms with van der Waals surface area (Å²) in [7, 11) is -2.88. The van der Waals surface area contributed by atoms with Crippen molar-refractivity contribution in [3.8, 4) is 0 Å². The Morgan fingerprint density at radius 3 is 2.36 bits per heavy atom. The first kappa shape index (κ1) is 29.8. The van der Waals surface area contributed by atoms with Gasteiger partial charge in [-0.2, -0.15) is 4.31 Å². The smallest absolute Gasteiger partial charge is 0.303 e. The van der Waals surface area contributed by atoms with E-state index in [1.54, 1.807) is 0 Å². The van der Waals surface area contributed by atoms with Crippen LogP contribution < -0.4 is 5.32 Å². The van der Waals surface area contributed by atoms with Crippen LogP contribution in [0.4, 0.5) is 13.2 Å². The molecular weight excluding hydrogens is 497 g/mol. The number of aliphatic hydroxyl groups excluding tert-OH is 1. The molecule has 0 radical (unpaired) electrons. The number of nitrogens with one attached hydrogen (secondary N) is 1. The minimum atomic E-state index is -4.14. The van der Waals surface area contributed by atoms with E-state index in [4.69, 9.17) is 5.11 Å². The van der Waals surface area contributed by atoms with Crippen LogP contribution in [0.2, 0.25) is 0 Å². The zero-order valence-corrected chi connectivity index (χ0v) is 21.4. The molecule has 0 aromatic heterocycles. The molecule has 0 spiro atoms. The van der Waals surface area contributed by atoms with E-state index in [2.05, 4.69) is 5.32 Å². The molecule has 0 unspecified atom stereocenters. The number of hydrogen-bond acceptors (Lipinski definition) is 5. The van der Waals surface area contributed by atoms with Gasteiger partial charge in [0, 0.05) is 37.7 Å². The maximum atomic E-state index is 14.0. The Labute approximate surface area is 210 Å². The minimum absolute atomic E-state index is 0.0233. The lowest BCUT2D eigenvalue weighted by molar-refractivity contribution is -0.136. The van der Waals surface area contributed by atoms with E-state index in [-0.39, 0.29) is 48.4 Å². The molecule has 0 saturated heterocycles. The standard InChI is InChI=1S/C25H33F3N2O5S/c1-25(2,11-5-6-21-22(27)7-4-8-23(21)28)29-15-19(31)16-30(3)36(34,35)20-13-17(9-10-24(32)33)12-18(26)14-20/h4,7-8,12-14,19,29,31H,5-6,9-11,15-16H2,1-3H3,(H,32,33)/t19-/m1/s1. The van der Waals surface area contributed by atoms with Gasteiger partial charge in [-0.15, -0.1) is 0 Å². The number of halogens is 3. The number of β-amino-alcohol motifs (C(OH)–C–C–N with tert-alkyl or cyclic N) is 1. The molecule has 36 heavy (non-hydrogen) atoms. The van der Waals surface area contributed by atoms with E-state index in [1.165, 1.54) is 31.3 Å². The molecule has 0 amide bonds. The maximum Gasteiger partial charge on any atom is 0.303 e. The third-order valence-corrected chi connectivity index (χ3v) is 7.64. The average Bonchev–Trinajstić information content (AvgIpc) is 2.78. The molecule has 3 N–H and O–H groups in total. The Morgan fingerprint density at radius 1 is 1.11 bits per heavy atom.